The molecule has 0 saturated carbocycles. The molecule has 0 bridgehead atoms. The topological polar surface area (TPSA) is 72.5 Å². The van der Waals surface area contributed by atoms with Gasteiger partial charge in [-0.1, -0.05) is 19.9 Å². The first-order valence-electron chi connectivity index (χ1n) is 13.4. The molecule has 0 aliphatic carbocycles. The van der Waals surface area contributed by atoms with Gasteiger partial charge in [0.05, 0.1) is 5.69 Å². The Labute approximate surface area is 220 Å². The molecule has 1 saturated heterocycles. The maximum atomic E-state index is 12.8. The number of fused-ring (bicyclic) bond motifs is 1. The normalized spacial score (nSPS) is 14.7. The average Bonchev–Trinajstić information content (AvgIpc) is 3.25. The van der Waals surface area contributed by atoms with Gasteiger partial charge in [-0.05, 0) is 88.0 Å². The molecule has 1 aliphatic heterocycles. The number of nitrogens with one attached hydrogen (secondary N) is 1. The summed E-state index contributed by atoms with van der Waals surface area (Å²) in [6.45, 7) is 11.1. The smallest absolute Gasteiger partial charge is 0.312 e. The highest BCUT2D eigenvalue weighted by Gasteiger charge is 2.30. The van der Waals surface area contributed by atoms with E-state index in [0.29, 0.717) is 31.5 Å². The van der Waals surface area contributed by atoms with Crippen LogP contribution in [0.15, 0.2) is 30.3 Å². The quantitative estimate of drug-likeness (QED) is 0.495. The summed E-state index contributed by atoms with van der Waals surface area (Å²) in [4.78, 5) is 38.9. The zero-order valence-corrected chi connectivity index (χ0v) is 23.4. The molecule has 0 unspecified atom stereocenters. The Kier molecular flexibility index (Phi) is 8.02. The molecule has 0 radical (unpaired) electrons. The number of aromatic amines is 1. The summed E-state index contributed by atoms with van der Waals surface area (Å²) in [6.07, 6.45) is 1.73. The van der Waals surface area contributed by atoms with Gasteiger partial charge in [-0.2, -0.15) is 0 Å². The summed E-state index contributed by atoms with van der Waals surface area (Å²) in [5, 5.41) is 1.27. The number of nitrogens with zero attached hydrogens (tertiary/aromatic N) is 4. The third kappa shape index (κ3) is 5.87. The molecule has 1 aliphatic rings. The predicted octanol–water partition coefficient (Wildman–Crippen LogP) is 4.70. The third-order valence-electron chi connectivity index (χ3n) is 7.48. The summed E-state index contributed by atoms with van der Waals surface area (Å²) in [7, 11) is 5.63. The van der Waals surface area contributed by atoms with Crippen molar-refractivity contribution in [3.63, 3.8) is 0 Å². The Bertz CT molecular complexity index is 1260. The van der Waals surface area contributed by atoms with Crippen molar-refractivity contribution < 1.29 is 9.59 Å². The molecule has 3 aromatic rings. The first-order valence-corrected chi connectivity index (χ1v) is 13.4. The summed E-state index contributed by atoms with van der Waals surface area (Å²) in [6, 6.07) is 11.1. The molecule has 2 aromatic heterocycles. The Balaban J connectivity index is 1.51. The van der Waals surface area contributed by atoms with Crippen LogP contribution in [0.1, 0.15) is 61.0 Å². The fourth-order valence-corrected chi connectivity index (χ4v) is 5.46. The van der Waals surface area contributed by atoms with E-state index in [9.17, 15) is 9.59 Å². The minimum absolute atomic E-state index is 0.364. The number of hydrogen-bond donors (Lipinski definition) is 1. The number of hydrogen-bond acceptors (Lipinski definition) is 4. The van der Waals surface area contributed by atoms with E-state index in [-0.39, 0.29) is 5.91 Å². The van der Waals surface area contributed by atoms with Crippen molar-refractivity contribution in [1.29, 1.82) is 0 Å². The van der Waals surface area contributed by atoms with Gasteiger partial charge in [-0.3, -0.25) is 14.6 Å². The number of likely N-dealkylation sites (tertiary alicyclic amines) is 1. The van der Waals surface area contributed by atoms with Crippen LogP contribution >= 0.6 is 0 Å². The fraction of sp³-hybridized carbons (Fsp3) is 0.500. The second-order valence-electron chi connectivity index (χ2n) is 11.1. The van der Waals surface area contributed by atoms with Crippen LogP contribution in [0.4, 0.5) is 0 Å². The molecular formula is C30H41N5O2. The highest BCUT2D eigenvalue weighted by molar-refractivity contribution is 6.34. The van der Waals surface area contributed by atoms with Gasteiger partial charge in [0.15, 0.2) is 0 Å². The lowest BCUT2D eigenvalue weighted by Crippen LogP contribution is -2.47. The second-order valence-corrected chi connectivity index (χ2v) is 11.1. The van der Waals surface area contributed by atoms with Crippen LogP contribution in [-0.2, 0) is 9.59 Å². The standard InChI is InChI=1S/C30H41N5O2/c1-19(2)27-25-18-23(8-9-26(25)32-28(27)24-16-20(3)31-21(4)17-24)22-10-12-35(13-11-22)30(37)29(36)34(7)15-14-33(5)6/h8-9,16-19,22,32H,10-15H2,1-7H3. The van der Waals surface area contributed by atoms with Crippen LogP contribution in [0.25, 0.3) is 22.2 Å². The van der Waals surface area contributed by atoms with E-state index in [0.717, 1.165) is 36.3 Å². The summed E-state index contributed by atoms with van der Waals surface area (Å²) in [5.41, 5.74) is 8.19. The maximum absolute atomic E-state index is 12.8. The summed E-state index contributed by atoms with van der Waals surface area (Å²) >= 11 is 0. The third-order valence-corrected chi connectivity index (χ3v) is 7.48. The lowest BCUT2D eigenvalue weighted by molar-refractivity contribution is -0.151. The number of aromatic nitrogens is 2. The average molecular weight is 504 g/mol. The molecule has 7 heteroatoms. The first-order chi connectivity index (χ1) is 17.5. The predicted molar refractivity (Wildman–Crippen MR) is 150 cm³/mol. The molecule has 7 nitrogen and oxygen atoms in total. The second kappa shape index (κ2) is 11.1. The Morgan fingerprint density at radius 1 is 1.03 bits per heavy atom. The molecular weight excluding hydrogens is 462 g/mol. The lowest BCUT2D eigenvalue weighted by atomic mass is 9.87. The van der Waals surface area contributed by atoms with Gasteiger partial charge in [-0.25, -0.2) is 0 Å². The summed E-state index contributed by atoms with van der Waals surface area (Å²) in [5.74, 6) is -0.0539. The highest BCUT2D eigenvalue weighted by atomic mass is 16.2. The van der Waals surface area contributed by atoms with Gasteiger partial charge in [0.25, 0.3) is 0 Å². The van der Waals surface area contributed by atoms with Gasteiger partial charge in [0.2, 0.25) is 0 Å². The Morgan fingerprint density at radius 3 is 2.27 bits per heavy atom. The van der Waals surface area contributed by atoms with E-state index in [1.807, 2.05) is 32.8 Å². The molecule has 0 spiro atoms. The minimum atomic E-state index is -0.412. The zero-order valence-electron chi connectivity index (χ0n) is 23.4. The number of carbonyl (C=O) groups is 2. The Hall–Kier alpha value is -3.19. The Morgan fingerprint density at radius 2 is 1.68 bits per heavy atom. The largest absolute Gasteiger partial charge is 0.354 e. The van der Waals surface area contributed by atoms with Crippen molar-refractivity contribution >= 4 is 22.7 Å². The van der Waals surface area contributed by atoms with E-state index in [1.54, 1.807) is 11.9 Å². The molecule has 37 heavy (non-hydrogen) atoms. The van der Waals surface area contributed by atoms with Crippen LogP contribution < -0.4 is 0 Å². The van der Waals surface area contributed by atoms with E-state index in [1.165, 1.54) is 32.7 Å². The number of H-pyrrole nitrogens is 1. The first kappa shape index (κ1) is 26.9. The molecule has 0 atom stereocenters. The molecule has 2 amide bonds. The van der Waals surface area contributed by atoms with Crippen molar-refractivity contribution in [1.82, 2.24) is 24.7 Å². The number of piperidine rings is 1. The number of aryl methyl sites for hydroxylation is 2. The minimum Gasteiger partial charge on any atom is -0.354 e. The number of amides is 2. The maximum Gasteiger partial charge on any atom is 0.312 e. The van der Waals surface area contributed by atoms with E-state index in [4.69, 9.17) is 0 Å². The summed E-state index contributed by atoms with van der Waals surface area (Å²) < 4.78 is 0. The van der Waals surface area contributed by atoms with Crippen molar-refractivity contribution in [2.75, 3.05) is 47.3 Å². The van der Waals surface area contributed by atoms with Crippen LogP contribution in [0.2, 0.25) is 0 Å². The highest BCUT2D eigenvalue weighted by Crippen LogP contribution is 2.38. The van der Waals surface area contributed by atoms with Crippen LogP contribution in [0, 0.1) is 13.8 Å². The molecule has 1 N–H and O–H groups in total. The number of carbonyl (C=O) groups excluding carboxylic acids is 2. The van der Waals surface area contributed by atoms with Crippen molar-refractivity contribution in [2.45, 2.75) is 52.4 Å². The number of rotatable bonds is 6. The molecule has 1 fully saturated rings. The van der Waals surface area contributed by atoms with Crippen molar-refractivity contribution in [3.8, 4) is 11.3 Å². The van der Waals surface area contributed by atoms with Gasteiger partial charge < -0.3 is 19.7 Å². The molecule has 3 heterocycles. The van der Waals surface area contributed by atoms with Gasteiger partial charge >= 0.3 is 11.8 Å². The number of likely N-dealkylation sites (N-methyl/N-ethyl adjacent to an activating group) is 2. The zero-order chi connectivity index (χ0) is 26.9. The van der Waals surface area contributed by atoms with Crippen LogP contribution in [-0.4, -0.2) is 83.8 Å². The van der Waals surface area contributed by atoms with E-state index in [2.05, 4.69) is 54.1 Å². The lowest BCUT2D eigenvalue weighted by Gasteiger charge is -2.33. The van der Waals surface area contributed by atoms with Crippen LogP contribution in [0.3, 0.4) is 0 Å². The van der Waals surface area contributed by atoms with Crippen molar-refractivity contribution in [2.24, 2.45) is 0 Å². The molecule has 198 valence electrons. The van der Waals surface area contributed by atoms with E-state index < -0.39 is 5.91 Å². The van der Waals surface area contributed by atoms with Gasteiger partial charge in [0.1, 0.15) is 0 Å². The van der Waals surface area contributed by atoms with Crippen molar-refractivity contribution in [3.05, 3.63) is 52.8 Å². The van der Waals surface area contributed by atoms with Crippen LogP contribution in [0.5, 0.6) is 0 Å². The fourth-order valence-electron chi connectivity index (χ4n) is 5.46. The monoisotopic (exact) mass is 503 g/mol. The SMILES string of the molecule is Cc1cc(-c2[nH]c3ccc(C4CCN(C(=O)C(=O)N(C)CCN(C)C)CC4)cc3c2C(C)C)cc(C)n1. The van der Waals surface area contributed by atoms with E-state index >= 15 is 0 Å². The molecule has 4 rings (SSSR count). The number of pyridine rings is 1. The molecule has 1 aromatic carbocycles. The van der Waals surface area contributed by atoms with Gasteiger partial charge in [0, 0.05) is 61.1 Å². The number of benzene rings is 1. The van der Waals surface area contributed by atoms with Gasteiger partial charge in [-0.15, -0.1) is 0 Å².